The van der Waals surface area contributed by atoms with Crippen molar-refractivity contribution in [2.24, 2.45) is 10.8 Å². The average molecular weight is 495 g/mol. The molecule has 0 spiro atoms. The second-order valence-electron chi connectivity index (χ2n) is 7.69. The molecule has 3 aromatic rings. The standard InChI is InChI=1S/C25H26N4O5S/c1-19-7-13-23(14-8-19)35(32,33)29(16-21-5-3-2-4-6-21)17-25(31)28-27-15-20-9-11-22(12-10-20)34-18-24(26)30/h2-15H,16-18H2,1H3,(H2,26,30)(H,28,31)/b27-15-. The zero-order valence-electron chi connectivity index (χ0n) is 19.1. The number of primary amides is 1. The lowest BCUT2D eigenvalue weighted by Gasteiger charge is -2.21. The molecule has 0 bridgehead atoms. The first kappa shape index (κ1) is 25.6. The number of hydrazone groups is 1. The minimum absolute atomic E-state index is 0.0287. The topological polar surface area (TPSA) is 131 Å². The molecule has 35 heavy (non-hydrogen) atoms. The minimum Gasteiger partial charge on any atom is -0.484 e. The zero-order valence-corrected chi connectivity index (χ0v) is 19.9. The molecular weight excluding hydrogens is 468 g/mol. The van der Waals surface area contributed by atoms with E-state index in [-0.39, 0.29) is 18.0 Å². The van der Waals surface area contributed by atoms with Crippen LogP contribution in [0.2, 0.25) is 0 Å². The number of nitrogens with two attached hydrogens (primary N) is 1. The smallest absolute Gasteiger partial charge is 0.255 e. The van der Waals surface area contributed by atoms with E-state index in [1.807, 2.05) is 13.0 Å². The Bertz CT molecular complexity index is 1280. The van der Waals surface area contributed by atoms with Gasteiger partial charge in [-0.1, -0.05) is 48.0 Å². The molecule has 0 aliphatic rings. The van der Waals surface area contributed by atoms with E-state index in [0.29, 0.717) is 11.3 Å². The Balaban J connectivity index is 1.68. The Labute approximate surface area is 204 Å². The highest BCUT2D eigenvalue weighted by atomic mass is 32.2. The summed E-state index contributed by atoms with van der Waals surface area (Å²) in [6.45, 7) is 1.25. The van der Waals surface area contributed by atoms with E-state index in [9.17, 15) is 18.0 Å². The van der Waals surface area contributed by atoms with Gasteiger partial charge in [-0.25, -0.2) is 13.8 Å². The van der Waals surface area contributed by atoms with Gasteiger partial charge in [0.25, 0.3) is 11.8 Å². The quantitative estimate of drug-likeness (QED) is 0.312. The number of carbonyl (C=O) groups excluding carboxylic acids is 2. The van der Waals surface area contributed by atoms with Gasteiger partial charge in [-0.05, 0) is 54.4 Å². The fraction of sp³-hybridized carbons (Fsp3) is 0.160. The number of hydrogen-bond donors (Lipinski definition) is 2. The summed E-state index contributed by atoms with van der Waals surface area (Å²) in [5.74, 6) is -0.707. The molecule has 0 fully saturated rings. The molecule has 0 radical (unpaired) electrons. The van der Waals surface area contributed by atoms with Crippen molar-refractivity contribution in [3.8, 4) is 5.75 Å². The number of rotatable bonds is 11. The number of nitrogens with one attached hydrogen (secondary N) is 1. The maximum absolute atomic E-state index is 13.3. The van der Waals surface area contributed by atoms with Gasteiger partial charge in [0.05, 0.1) is 17.7 Å². The minimum atomic E-state index is -3.93. The van der Waals surface area contributed by atoms with Gasteiger partial charge in [-0.15, -0.1) is 0 Å². The van der Waals surface area contributed by atoms with Gasteiger partial charge in [0.2, 0.25) is 10.0 Å². The number of ether oxygens (including phenoxy) is 1. The summed E-state index contributed by atoms with van der Waals surface area (Å²) in [5.41, 5.74) is 9.74. The highest BCUT2D eigenvalue weighted by Gasteiger charge is 2.26. The zero-order chi connectivity index (χ0) is 25.3. The molecule has 0 aliphatic heterocycles. The molecule has 0 atom stereocenters. The molecule has 0 aliphatic carbocycles. The molecular formula is C25H26N4O5S. The molecule has 2 amide bonds. The van der Waals surface area contributed by atoms with E-state index < -0.39 is 28.4 Å². The first-order valence-corrected chi connectivity index (χ1v) is 12.1. The molecule has 182 valence electrons. The summed E-state index contributed by atoms with van der Waals surface area (Å²) in [5, 5.41) is 3.91. The molecule has 9 nitrogen and oxygen atoms in total. The fourth-order valence-corrected chi connectivity index (χ4v) is 4.44. The third-order valence-corrected chi connectivity index (χ3v) is 6.65. The van der Waals surface area contributed by atoms with Crippen molar-refractivity contribution in [3.05, 3.63) is 95.6 Å². The van der Waals surface area contributed by atoms with Crippen molar-refractivity contribution in [2.75, 3.05) is 13.2 Å². The van der Waals surface area contributed by atoms with Crippen molar-refractivity contribution in [1.82, 2.24) is 9.73 Å². The Morgan fingerprint density at radius 3 is 2.29 bits per heavy atom. The Morgan fingerprint density at radius 1 is 1.00 bits per heavy atom. The van der Waals surface area contributed by atoms with E-state index in [0.717, 1.165) is 15.4 Å². The lowest BCUT2D eigenvalue weighted by Crippen LogP contribution is -2.39. The highest BCUT2D eigenvalue weighted by molar-refractivity contribution is 7.89. The molecule has 0 heterocycles. The van der Waals surface area contributed by atoms with Crippen molar-refractivity contribution >= 4 is 28.1 Å². The van der Waals surface area contributed by atoms with Crippen LogP contribution < -0.4 is 15.9 Å². The van der Waals surface area contributed by atoms with Gasteiger partial charge >= 0.3 is 0 Å². The Morgan fingerprint density at radius 2 is 1.66 bits per heavy atom. The van der Waals surface area contributed by atoms with Crippen LogP contribution in [0.1, 0.15) is 16.7 Å². The first-order valence-electron chi connectivity index (χ1n) is 10.7. The van der Waals surface area contributed by atoms with Crippen LogP contribution in [-0.2, 0) is 26.2 Å². The van der Waals surface area contributed by atoms with Gasteiger partial charge in [0.15, 0.2) is 6.61 Å². The van der Waals surface area contributed by atoms with Crippen molar-refractivity contribution < 1.29 is 22.7 Å². The molecule has 3 N–H and O–H groups in total. The van der Waals surface area contributed by atoms with Crippen molar-refractivity contribution in [2.45, 2.75) is 18.4 Å². The van der Waals surface area contributed by atoms with Crippen LogP contribution in [0.3, 0.4) is 0 Å². The normalized spacial score (nSPS) is 11.5. The summed E-state index contributed by atoms with van der Waals surface area (Å²) in [4.78, 5) is 23.5. The summed E-state index contributed by atoms with van der Waals surface area (Å²) in [6.07, 6.45) is 1.41. The van der Waals surface area contributed by atoms with Crippen LogP contribution in [-0.4, -0.2) is 43.9 Å². The summed E-state index contributed by atoms with van der Waals surface area (Å²) >= 11 is 0. The van der Waals surface area contributed by atoms with Crippen LogP contribution in [0.15, 0.2) is 88.9 Å². The highest BCUT2D eigenvalue weighted by Crippen LogP contribution is 2.19. The van der Waals surface area contributed by atoms with Gasteiger partial charge in [-0.3, -0.25) is 9.59 Å². The SMILES string of the molecule is Cc1ccc(S(=O)(=O)N(CC(=O)N/N=C\c2ccc(OCC(N)=O)cc2)Cc2ccccc2)cc1. The molecule has 3 rings (SSSR count). The Kier molecular flexibility index (Phi) is 8.71. The number of sulfonamides is 1. The van der Waals surface area contributed by atoms with Crippen LogP contribution in [0.25, 0.3) is 0 Å². The first-order chi connectivity index (χ1) is 16.7. The molecule has 3 aromatic carbocycles. The molecule has 0 unspecified atom stereocenters. The van der Waals surface area contributed by atoms with Crippen LogP contribution in [0.4, 0.5) is 0 Å². The number of aryl methyl sites for hydroxylation is 1. The van der Waals surface area contributed by atoms with Crippen molar-refractivity contribution in [1.29, 1.82) is 0 Å². The molecule has 0 aromatic heterocycles. The van der Waals surface area contributed by atoms with Crippen LogP contribution in [0.5, 0.6) is 5.75 Å². The molecule has 0 saturated carbocycles. The number of amides is 2. The summed E-state index contributed by atoms with van der Waals surface area (Å²) < 4.78 is 32.8. The van der Waals surface area contributed by atoms with Gasteiger partial charge < -0.3 is 10.5 Å². The van der Waals surface area contributed by atoms with E-state index >= 15 is 0 Å². The second-order valence-corrected chi connectivity index (χ2v) is 9.63. The number of nitrogens with zero attached hydrogens (tertiary/aromatic N) is 2. The maximum atomic E-state index is 13.3. The largest absolute Gasteiger partial charge is 0.484 e. The number of benzene rings is 3. The van der Waals surface area contributed by atoms with Gasteiger partial charge in [0.1, 0.15) is 5.75 Å². The lowest BCUT2D eigenvalue weighted by atomic mass is 10.2. The third kappa shape index (κ3) is 7.76. The Hall–Kier alpha value is -4.02. The summed E-state index contributed by atoms with van der Waals surface area (Å²) in [7, 11) is -3.93. The molecule has 0 saturated heterocycles. The van der Waals surface area contributed by atoms with Gasteiger partial charge in [-0.2, -0.15) is 9.41 Å². The van der Waals surface area contributed by atoms with E-state index in [1.165, 1.54) is 18.3 Å². The predicted octanol–water partition coefficient (Wildman–Crippen LogP) is 2.20. The average Bonchev–Trinajstić information content (AvgIpc) is 2.84. The van der Waals surface area contributed by atoms with Gasteiger partial charge in [0, 0.05) is 6.54 Å². The fourth-order valence-electron chi connectivity index (χ4n) is 3.05. The second kappa shape index (κ2) is 11.9. The monoisotopic (exact) mass is 494 g/mol. The number of hydrogen-bond acceptors (Lipinski definition) is 6. The van der Waals surface area contributed by atoms with E-state index in [4.69, 9.17) is 10.5 Å². The molecule has 10 heteroatoms. The van der Waals surface area contributed by atoms with E-state index in [2.05, 4.69) is 10.5 Å². The summed E-state index contributed by atoms with van der Waals surface area (Å²) in [6, 6.07) is 22.1. The van der Waals surface area contributed by atoms with Crippen LogP contribution >= 0.6 is 0 Å². The van der Waals surface area contributed by atoms with Crippen LogP contribution in [0, 0.1) is 6.92 Å². The third-order valence-electron chi connectivity index (χ3n) is 4.84. The van der Waals surface area contributed by atoms with E-state index in [1.54, 1.807) is 60.7 Å². The van der Waals surface area contributed by atoms with Crippen molar-refractivity contribution in [3.63, 3.8) is 0 Å². The maximum Gasteiger partial charge on any atom is 0.255 e. The lowest BCUT2D eigenvalue weighted by molar-refractivity contribution is -0.121. The number of carbonyl (C=O) groups is 2. The predicted molar refractivity (Wildman–Crippen MR) is 132 cm³/mol.